The highest BCUT2D eigenvalue weighted by Gasteiger charge is 2.20. The minimum absolute atomic E-state index is 0.0435. The van der Waals surface area contributed by atoms with Crippen LogP contribution >= 0.6 is 0 Å². The van der Waals surface area contributed by atoms with Crippen LogP contribution < -0.4 is 4.72 Å². The van der Waals surface area contributed by atoms with Gasteiger partial charge in [0, 0.05) is 6.08 Å². The van der Waals surface area contributed by atoms with E-state index in [0.717, 1.165) is 50.0 Å². The van der Waals surface area contributed by atoms with Crippen LogP contribution in [0.2, 0.25) is 0 Å². The quantitative estimate of drug-likeness (QED) is 0.315. The molecular formula is C34H38N2O3S. The smallest absolute Gasteiger partial charge is 0.257 e. The molecule has 5 nitrogen and oxygen atoms in total. The highest BCUT2D eigenvalue weighted by atomic mass is 32.2. The molecule has 0 radical (unpaired) electrons. The molecule has 2 aliphatic rings. The molecule has 208 valence electrons. The maximum absolute atomic E-state index is 12.4. The monoisotopic (exact) mass is 554 g/mol. The second-order valence-corrected chi connectivity index (χ2v) is 12.6. The van der Waals surface area contributed by atoms with Crippen molar-refractivity contribution in [2.24, 2.45) is 0 Å². The van der Waals surface area contributed by atoms with E-state index in [1.165, 1.54) is 53.2 Å². The molecule has 0 unspecified atom stereocenters. The molecule has 0 saturated carbocycles. The van der Waals surface area contributed by atoms with Gasteiger partial charge in [-0.3, -0.25) is 4.79 Å². The van der Waals surface area contributed by atoms with Crippen LogP contribution in [0.5, 0.6) is 0 Å². The fourth-order valence-corrected chi connectivity index (χ4v) is 6.80. The van der Waals surface area contributed by atoms with Gasteiger partial charge in [-0.2, -0.15) is 0 Å². The number of carbonyl (C=O) groups is 1. The Hall–Kier alpha value is -3.48. The Morgan fingerprint density at radius 2 is 1.52 bits per heavy atom. The standard InChI is InChI=1S/C34H38N2O3S/c37-33(35-40(38,39)26-10-25-36-23-7-2-8-24-36)22-19-27-17-20-30(21-18-27)34-31-15-6-5-13-29(31)14-9-16-32(34)28-11-3-1-4-12-28/h1,3-6,11-13,15,17-22H,2,7-10,14,16,23-26H2,(H,35,37)/b22-19+. The zero-order valence-electron chi connectivity index (χ0n) is 23.0. The van der Waals surface area contributed by atoms with Crippen LogP contribution in [-0.2, 0) is 21.2 Å². The average Bonchev–Trinajstić information content (AvgIpc) is 3.17. The molecule has 40 heavy (non-hydrogen) atoms. The van der Waals surface area contributed by atoms with Crippen molar-refractivity contribution in [1.29, 1.82) is 0 Å². The van der Waals surface area contributed by atoms with E-state index < -0.39 is 15.9 Å². The Bertz CT molecular complexity index is 1470. The lowest BCUT2D eigenvalue weighted by molar-refractivity contribution is -0.114. The number of hydrogen-bond donors (Lipinski definition) is 1. The van der Waals surface area contributed by atoms with E-state index in [2.05, 4.69) is 70.3 Å². The molecule has 0 bridgehead atoms. The van der Waals surface area contributed by atoms with Crippen molar-refractivity contribution >= 4 is 33.2 Å². The Morgan fingerprint density at radius 3 is 2.30 bits per heavy atom. The SMILES string of the molecule is O=C(/C=C/c1ccc(C2=C(c3ccccc3)CCCc3ccccc32)cc1)NS(=O)(=O)CCCN1CCCCC1. The Kier molecular flexibility index (Phi) is 9.30. The van der Waals surface area contributed by atoms with Crippen molar-refractivity contribution in [2.45, 2.75) is 44.9 Å². The molecule has 1 aliphatic heterocycles. The third-order valence-electron chi connectivity index (χ3n) is 7.80. The minimum Gasteiger partial charge on any atom is -0.303 e. The number of sulfonamides is 1. The van der Waals surface area contributed by atoms with Crippen LogP contribution in [0.25, 0.3) is 17.2 Å². The molecule has 1 N–H and O–H groups in total. The first-order valence-corrected chi connectivity index (χ1v) is 16.1. The lowest BCUT2D eigenvalue weighted by Gasteiger charge is -2.26. The third-order valence-corrected chi connectivity index (χ3v) is 9.14. The number of aryl methyl sites for hydroxylation is 1. The van der Waals surface area contributed by atoms with E-state index in [0.29, 0.717) is 6.42 Å². The van der Waals surface area contributed by atoms with Gasteiger partial charge in [0.2, 0.25) is 10.0 Å². The van der Waals surface area contributed by atoms with Gasteiger partial charge in [0.15, 0.2) is 0 Å². The van der Waals surface area contributed by atoms with Gasteiger partial charge in [0.1, 0.15) is 0 Å². The second-order valence-electron chi connectivity index (χ2n) is 10.7. The van der Waals surface area contributed by atoms with Crippen molar-refractivity contribution in [3.05, 3.63) is 113 Å². The molecule has 1 amide bonds. The molecule has 0 spiro atoms. The van der Waals surface area contributed by atoms with Gasteiger partial charge in [-0.05, 0) is 103 Å². The molecule has 1 heterocycles. The summed E-state index contributed by atoms with van der Waals surface area (Å²) in [6, 6.07) is 27.4. The van der Waals surface area contributed by atoms with E-state index in [4.69, 9.17) is 0 Å². The number of fused-ring (bicyclic) bond motifs is 1. The number of carbonyl (C=O) groups excluding carboxylic acids is 1. The number of amides is 1. The molecule has 0 atom stereocenters. The van der Waals surface area contributed by atoms with E-state index in [1.54, 1.807) is 6.08 Å². The van der Waals surface area contributed by atoms with Crippen molar-refractivity contribution < 1.29 is 13.2 Å². The number of rotatable bonds is 9. The van der Waals surface area contributed by atoms with Gasteiger partial charge in [-0.25, -0.2) is 13.1 Å². The van der Waals surface area contributed by atoms with Gasteiger partial charge < -0.3 is 4.90 Å². The molecule has 5 rings (SSSR count). The van der Waals surface area contributed by atoms with Crippen LogP contribution in [0, 0.1) is 0 Å². The molecule has 3 aromatic carbocycles. The molecule has 6 heteroatoms. The first-order chi connectivity index (χ1) is 19.5. The normalized spacial score (nSPS) is 16.5. The molecular weight excluding hydrogens is 516 g/mol. The average molecular weight is 555 g/mol. The summed E-state index contributed by atoms with van der Waals surface area (Å²) in [6.45, 7) is 2.82. The lowest BCUT2D eigenvalue weighted by Crippen LogP contribution is -2.34. The zero-order chi connectivity index (χ0) is 27.8. The first-order valence-electron chi connectivity index (χ1n) is 14.4. The summed E-state index contributed by atoms with van der Waals surface area (Å²) in [6.07, 6.45) is 10.2. The number of allylic oxidation sites excluding steroid dienone is 1. The number of hydrogen-bond acceptors (Lipinski definition) is 4. The van der Waals surface area contributed by atoms with Crippen molar-refractivity contribution in [1.82, 2.24) is 9.62 Å². The fourth-order valence-electron chi connectivity index (χ4n) is 5.82. The van der Waals surface area contributed by atoms with Gasteiger partial charge in [0.05, 0.1) is 5.75 Å². The first kappa shape index (κ1) is 28.1. The Labute approximate surface area is 238 Å². The highest BCUT2D eigenvalue weighted by molar-refractivity contribution is 7.90. The molecule has 3 aromatic rings. The summed E-state index contributed by atoms with van der Waals surface area (Å²) >= 11 is 0. The van der Waals surface area contributed by atoms with Crippen LogP contribution in [0.1, 0.15) is 66.3 Å². The minimum atomic E-state index is -3.66. The maximum atomic E-state index is 12.4. The Morgan fingerprint density at radius 1 is 0.800 bits per heavy atom. The van der Waals surface area contributed by atoms with Crippen LogP contribution in [0.15, 0.2) is 84.9 Å². The van der Waals surface area contributed by atoms with E-state index >= 15 is 0 Å². The number of nitrogens with zero attached hydrogens (tertiary/aromatic N) is 1. The zero-order valence-corrected chi connectivity index (χ0v) is 23.8. The van der Waals surface area contributed by atoms with E-state index in [-0.39, 0.29) is 5.75 Å². The summed E-state index contributed by atoms with van der Waals surface area (Å²) < 4.78 is 27.0. The number of nitrogens with one attached hydrogen (secondary N) is 1. The summed E-state index contributed by atoms with van der Waals surface area (Å²) in [5.41, 5.74) is 8.44. The van der Waals surface area contributed by atoms with Gasteiger partial charge in [0.25, 0.3) is 5.91 Å². The van der Waals surface area contributed by atoms with Crippen molar-refractivity contribution in [3.63, 3.8) is 0 Å². The van der Waals surface area contributed by atoms with Crippen molar-refractivity contribution in [3.8, 4) is 0 Å². The highest BCUT2D eigenvalue weighted by Crippen LogP contribution is 2.39. The topological polar surface area (TPSA) is 66.5 Å². The number of piperidine rings is 1. The van der Waals surface area contributed by atoms with Gasteiger partial charge >= 0.3 is 0 Å². The lowest BCUT2D eigenvalue weighted by atomic mass is 9.87. The molecule has 1 aliphatic carbocycles. The number of likely N-dealkylation sites (tertiary alicyclic amines) is 1. The predicted molar refractivity (Wildman–Crippen MR) is 164 cm³/mol. The van der Waals surface area contributed by atoms with Crippen LogP contribution in [0.4, 0.5) is 0 Å². The van der Waals surface area contributed by atoms with Crippen molar-refractivity contribution in [2.75, 3.05) is 25.4 Å². The maximum Gasteiger partial charge on any atom is 0.257 e. The van der Waals surface area contributed by atoms with Crippen LogP contribution in [0.3, 0.4) is 0 Å². The summed E-state index contributed by atoms with van der Waals surface area (Å²) in [5, 5.41) is 0. The predicted octanol–water partition coefficient (Wildman–Crippen LogP) is 6.32. The fraction of sp³-hybridized carbons (Fsp3) is 0.324. The third kappa shape index (κ3) is 7.38. The van der Waals surface area contributed by atoms with E-state index in [1.807, 2.05) is 18.2 Å². The van der Waals surface area contributed by atoms with Gasteiger partial charge in [-0.15, -0.1) is 0 Å². The summed E-state index contributed by atoms with van der Waals surface area (Å²) in [5.74, 6) is -0.660. The Balaban J connectivity index is 1.28. The second kappa shape index (κ2) is 13.2. The number of benzene rings is 3. The summed E-state index contributed by atoms with van der Waals surface area (Å²) in [4.78, 5) is 14.7. The molecule has 1 fully saturated rings. The largest absolute Gasteiger partial charge is 0.303 e. The van der Waals surface area contributed by atoms with E-state index in [9.17, 15) is 13.2 Å². The van der Waals surface area contributed by atoms with Gasteiger partial charge in [-0.1, -0.05) is 85.3 Å². The molecule has 0 aromatic heterocycles. The summed E-state index contributed by atoms with van der Waals surface area (Å²) in [7, 11) is -3.66. The molecule has 1 saturated heterocycles. The van der Waals surface area contributed by atoms with Crippen LogP contribution in [-0.4, -0.2) is 44.6 Å².